The van der Waals surface area contributed by atoms with Crippen LogP contribution in [0.15, 0.2) is 48.5 Å². The number of nitrogens with zero attached hydrogens (tertiary/aromatic N) is 1. The molecule has 0 saturated heterocycles. The molecule has 0 atom stereocenters. The highest BCUT2D eigenvalue weighted by molar-refractivity contribution is 7.80. The molecule has 4 nitrogen and oxygen atoms in total. The molecule has 0 radical (unpaired) electrons. The third-order valence-electron chi connectivity index (χ3n) is 3.13. The smallest absolute Gasteiger partial charge is 0.226 e. The van der Waals surface area contributed by atoms with Crippen LogP contribution in [0.25, 0.3) is 0 Å². The summed E-state index contributed by atoms with van der Waals surface area (Å²) >= 11 is 11.2. The van der Waals surface area contributed by atoms with E-state index in [2.05, 4.69) is 16.7 Å². The number of rotatable bonds is 4. The Kier molecular flexibility index (Phi) is 6.10. The van der Waals surface area contributed by atoms with Crippen LogP contribution in [0, 0.1) is 11.3 Å². The second kappa shape index (κ2) is 8.28. The Balaban J connectivity index is 1.87. The lowest BCUT2D eigenvalue weighted by atomic mass is 10.1. The van der Waals surface area contributed by atoms with E-state index >= 15 is 0 Å². The average Bonchev–Trinajstić information content (AvgIpc) is 2.54. The first-order valence-corrected chi connectivity index (χ1v) is 7.72. The zero-order valence-electron chi connectivity index (χ0n) is 12.2. The van der Waals surface area contributed by atoms with Gasteiger partial charge in [-0.05, 0) is 42.4 Å². The van der Waals surface area contributed by atoms with Crippen LogP contribution >= 0.6 is 23.8 Å². The van der Waals surface area contributed by atoms with Crippen LogP contribution in [0.4, 0.5) is 5.69 Å². The van der Waals surface area contributed by atoms with Gasteiger partial charge in [0.05, 0.1) is 11.3 Å². The SMILES string of the molecule is N#Cc1ccccc1NC(=S)NC(=O)CCc1ccccc1Cl. The monoisotopic (exact) mass is 343 g/mol. The fourth-order valence-electron chi connectivity index (χ4n) is 1.98. The highest BCUT2D eigenvalue weighted by Gasteiger charge is 2.08. The second-order valence-electron chi connectivity index (χ2n) is 4.75. The Hall–Kier alpha value is -2.42. The van der Waals surface area contributed by atoms with Crippen LogP contribution in [0.3, 0.4) is 0 Å². The van der Waals surface area contributed by atoms with E-state index in [1.165, 1.54) is 0 Å². The van der Waals surface area contributed by atoms with Gasteiger partial charge < -0.3 is 10.6 Å². The van der Waals surface area contributed by atoms with E-state index in [0.29, 0.717) is 22.7 Å². The topological polar surface area (TPSA) is 64.9 Å². The summed E-state index contributed by atoms with van der Waals surface area (Å²) in [6.45, 7) is 0. The van der Waals surface area contributed by atoms with Gasteiger partial charge in [-0.1, -0.05) is 41.9 Å². The van der Waals surface area contributed by atoms with E-state index in [-0.39, 0.29) is 17.4 Å². The van der Waals surface area contributed by atoms with Gasteiger partial charge in [0.2, 0.25) is 5.91 Å². The van der Waals surface area contributed by atoms with Gasteiger partial charge in [-0.25, -0.2) is 0 Å². The molecular formula is C17H14ClN3OS. The van der Waals surface area contributed by atoms with E-state index in [1.54, 1.807) is 30.3 Å². The summed E-state index contributed by atoms with van der Waals surface area (Å²) in [5.41, 5.74) is 1.93. The summed E-state index contributed by atoms with van der Waals surface area (Å²) in [5.74, 6) is -0.211. The fraction of sp³-hybridized carbons (Fsp3) is 0.118. The van der Waals surface area contributed by atoms with Gasteiger partial charge in [0.1, 0.15) is 6.07 Å². The summed E-state index contributed by atoms with van der Waals surface area (Å²) in [5, 5.41) is 15.3. The third-order valence-corrected chi connectivity index (χ3v) is 3.70. The standard InChI is InChI=1S/C17H14ClN3OS/c18-14-7-3-1-5-12(14)9-10-16(22)21-17(23)20-15-8-4-2-6-13(15)11-19/h1-8H,9-10H2,(H2,20,21,22,23). The van der Waals surface area contributed by atoms with Crippen molar-refractivity contribution in [1.29, 1.82) is 5.26 Å². The molecule has 116 valence electrons. The van der Waals surface area contributed by atoms with Crippen LogP contribution in [0.2, 0.25) is 5.02 Å². The molecule has 0 aliphatic rings. The van der Waals surface area contributed by atoms with Gasteiger partial charge in [-0.15, -0.1) is 0 Å². The number of nitrogens with one attached hydrogen (secondary N) is 2. The fourth-order valence-corrected chi connectivity index (χ4v) is 2.44. The molecule has 2 aromatic carbocycles. The number of carbonyl (C=O) groups excluding carboxylic acids is 1. The van der Waals surface area contributed by atoms with Crippen molar-refractivity contribution in [2.75, 3.05) is 5.32 Å². The quantitative estimate of drug-likeness (QED) is 0.831. The molecule has 2 aromatic rings. The first-order valence-electron chi connectivity index (χ1n) is 6.93. The molecule has 0 aliphatic heterocycles. The highest BCUT2D eigenvalue weighted by Crippen LogP contribution is 2.16. The molecule has 1 amide bonds. The van der Waals surface area contributed by atoms with Crippen molar-refractivity contribution in [3.05, 3.63) is 64.7 Å². The predicted molar refractivity (Wildman–Crippen MR) is 95.3 cm³/mol. The zero-order valence-corrected chi connectivity index (χ0v) is 13.7. The molecule has 0 spiro atoms. The zero-order chi connectivity index (χ0) is 16.7. The molecule has 2 N–H and O–H groups in total. The number of para-hydroxylation sites is 1. The number of anilines is 1. The largest absolute Gasteiger partial charge is 0.331 e. The normalized spacial score (nSPS) is 9.74. The van der Waals surface area contributed by atoms with E-state index in [4.69, 9.17) is 29.1 Å². The molecule has 0 aliphatic carbocycles. The number of amides is 1. The summed E-state index contributed by atoms with van der Waals surface area (Å²) in [7, 11) is 0. The summed E-state index contributed by atoms with van der Waals surface area (Å²) < 4.78 is 0. The lowest BCUT2D eigenvalue weighted by Gasteiger charge is -2.10. The number of aryl methyl sites for hydroxylation is 1. The average molecular weight is 344 g/mol. The van der Waals surface area contributed by atoms with Crippen molar-refractivity contribution in [2.45, 2.75) is 12.8 Å². The second-order valence-corrected chi connectivity index (χ2v) is 5.57. The number of thiocarbonyl (C=S) groups is 1. The molecule has 0 aromatic heterocycles. The van der Waals surface area contributed by atoms with Crippen LogP contribution in [-0.4, -0.2) is 11.0 Å². The van der Waals surface area contributed by atoms with Crippen LogP contribution in [-0.2, 0) is 11.2 Å². The molecule has 0 fully saturated rings. The van der Waals surface area contributed by atoms with Crippen molar-refractivity contribution >= 4 is 40.5 Å². The van der Waals surface area contributed by atoms with Gasteiger partial charge in [0.25, 0.3) is 0 Å². The molecule has 0 unspecified atom stereocenters. The molecule has 6 heteroatoms. The van der Waals surface area contributed by atoms with E-state index in [9.17, 15) is 4.79 Å². The maximum absolute atomic E-state index is 11.9. The Morgan fingerprint density at radius 1 is 1.17 bits per heavy atom. The van der Waals surface area contributed by atoms with Crippen LogP contribution < -0.4 is 10.6 Å². The first-order chi connectivity index (χ1) is 11.1. The molecule has 0 saturated carbocycles. The van der Waals surface area contributed by atoms with Gasteiger partial charge in [-0.2, -0.15) is 5.26 Å². The number of nitriles is 1. The van der Waals surface area contributed by atoms with Crippen molar-refractivity contribution < 1.29 is 4.79 Å². The van der Waals surface area contributed by atoms with Crippen molar-refractivity contribution in [1.82, 2.24) is 5.32 Å². The number of hydrogen-bond donors (Lipinski definition) is 2. The maximum atomic E-state index is 11.9. The minimum atomic E-state index is -0.211. The lowest BCUT2D eigenvalue weighted by Crippen LogP contribution is -2.34. The van der Waals surface area contributed by atoms with Crippen molar-refractivity contribution in [2.24, 2.45) is 0 Å². The Labute approximate surface area is 145 Å². The van der Waals surface area contributed by atoms with E-state index in [0.717, 1.165) is 5.56 Å². The Morgan fingerprint density at radius 3 is 2.61 bits per heavy atom. The molecule has 0 heterocycles. The van der Waals surface area contributed by atoms with Crippen molar-refractivity contribution in [3.8, 4) is 6.07 Å². The van der Waals surface area contributed by atoms with Crippen LogP contribution in [0.1, 0.15) is 17.5 Å². The molecule has 23 heavy (non-hydrogen) atoms. The number of halogens is 1. The predicted octanol–water partition coefficient (Wildman–Crippen LogP) is 3.66. The molecule has 2 rings (SSSR count). The third kappa shape index (κ3) is 5.06. The Morgan fingerprint density at radius 2 is 1.87 bits per heavy atom. The van der Waals surface area contributed by atoms with E-state index < -0.39 is 0 Å². The number of benzene rings is 2. The highest BCUT2D eigenvalue weighted by atomic mass is 35.5. The minimum Gasteiger partial charge on any atom is -0.331 e. The summed E-state index contributed by atoms with van der Waals surface area (Å²) in [4.78, 5) is 11.9. The minimum absolute atomic E-state index is 0.164. The Bertz CT molecular complexity index is 770. The maximum Gasteiger partial charge on any atom is 0.226 e. The van der Waals surface area contributed by atoms with Crippen molar-refractivity contribution in [3.63, 3.8) is 0 Å². The number of hydrogen-bond acceptors (Lipinski definition) is 3. The molecule has 0 bridgehead atoms. The van der Waals surface area contributed by atoms with E-state index in [1.807, 2.05) is 18.2 Å². The molecular weight excluding hydrogens is 330 g/mol. The number of carbonyl (C=O) groups is 1. The van der Waals surface area contributed by atoms with Gasteiger partial charge in [-0.3, -0.25) is 4.79 Å². The first kappa shape index (κ1) is 16.9. The summed E-state index contributed by atoms with van der Waals surface area (Å²) in [6, 6.07) is 16.4. The van der Waals surface area contributed by atoms with Gasteiger partial charge >= 0.3 is 0 Å². The van der Waals surface area contributed by atoms with Crippen LogP contribution in [0.5, 0.6) is 0 Å². The lowest BCUT2D eigenvalue weighted by molar-refractivity contribution is -0.119. The summed E-state index contributed by atoms with van der Waals surface area (Å²) in [6.07, 6.45) is 0.800. The van der Waals surface area contributed by atoms with Gasteiger partial charge in [0.15, 0.2) is 5.11 Å². The van der Waals surface area contributed by atoms with Gasteiger partial charge in [0, 0.05) is 11.4 Å².